The topological polar surface area (TPSA) is 54.0 Å². The second kappa shape index (κ2) is 6.15. The Morgan fingerprint density at radius 3 is 2.75 bits per heavy atom. The molecule has 0 bridgehead atoms. The predicted octanol–water partition coefficient (Wildman–Crippen LogP) is 2.75. The van der Waals surface area contributed by atoms with Crippen LogP contribution in [-0.4, -0.2) is 24.0 Å². The molecule has 2 N–H and O–H groups in total. The molecule has 0 spiro atoms. The molecule has 3 rings (SSSR count). The van der Waals surface area contributed by atoms with Crippen molar-refractivity contribution < 1.29 is 4.79 Å². The molecular formula is C15H17N3OS. The average Bonchev–Trinajstić information content (AvgIpc) is 2.97. The van der Waals surface area contributed by atoms with Crippen LogP contribution in [0.15, 0.2) is 36.5 Å². The van der Waals surface area contributed by atoms with E-state index < -0.39 is 0 Å². The second-order valence-corrected chi connectivity index (χ2v) is 5.94. The van der Waals surface area contributed by atoms with E-state index in [1.54, 1.807) is 0 Å². The van der Waals surface area contributed by atoms with Gasteiger partial charge in [-0.2, -0.15) is 0 Å². The van der Waals surface area contributed by atoms with Crippen LogP contribution in [0.5, 0.6) is 0 Å². The molecule has 0 radical (unpaired) electrons. The summed E-state index contributed by atoms with van der Waals surface area (Å²) in [5.41, 5.74) is 1.13. The predicted molar refractivity (Wildman–Crippen MR) is 81.8 cm³/mol. The summed E-state index contributed by atoms with van der Waals surface area (Å²) in [6.45, 7) is 1.84. The molecule has 2 aromatic rings. The van der Waals surface area contributed by atoms with E-state index in [-0.39, 0.29) is 11.8 Å². The maximum absolute atomic E-state index is 12.1. The van der Waals surface area contributed by atoms with E-state index in [9.17, 15) is 4.79 Å². The number of hydrogen-bond donors (Lipinski definition) is 2. The summed E-state index contributed by atoms with van der Waals surface area (Å²) in [7, 11) is 0. The highest BCUT2D eigenvalue weighted by atomic mass is 32.1. The number of carbonyl (C=O) groups excluding carboxylic acids is 1. The molecule has 0 saturated carbocycles. The van der Waals surface area contributed by atoms with E-state index in [0.717, 1.165) is 36.4 Å². The molecule has 4 nitrogen and oxygen atoms in total. The summed E-state index contributed by atoms with van der Waals surface area (Å²) in [4.78, 5) is 17.5. The molecular weight excluding hydrogens is 270 g/mol. The number of nitrogens with zero attached hydrogens (tertiary/aromatic N) is 1. The van der Waals surface area contributed by atoms with Crippen molar-refractivity contribution in [2.45, 2.75) is 12.8 Å². The minimum atomic E-state index is 0.0976. The lowest BCUT2D eigenvalue weighted by atomic mass is 9.97. The molecule has 1 aromatic carbocycles. The lowest BCUT2D eigenvalue weighted by Gasteiger charge is -2.20. The molecule has 1 amide bonds. The normalized spacial score (nSPS) is 16.0. The molecule has 2 heterocycles. The van der Waals surface area contributed by atoms with Gasteiger partial charge >= 0.3 is 0 Å². The Balaban J connectivity index is 1.66. The summed E-state index contributed by atoms with van der Waals surface area (Å²) in [6, 6.07) is 10.1. The Labute approximate surface area is 122 Å². The Morgan fingerprint density at radius 1 is 1.25 bits per heavy atom. The first kappa shape index (κ1) is 13.3. The molecule has 1 saturated heterocycles. The van der Waals surface area contributed by atoms with Gasteiger partial charge in [-0.25, -0.2) is 4.98 Å². The van der Waals surface area contributed by atoms with Gasteiger partial charge in [0.15, 0.2) is 5.13 Å². The number of benzene rings is 1. The van der Waals surface area contributed by atoms with Crippen molar-refractivity contribution >= 4 is 22.4 Å². The first-order valence-corrected chi connectivity index (χ1v) is 7.67. The quantitative estimate of drug-likeness (QED) is 0.912. The average molecular weight is 287 g/mol. The smallest absolute Gasteiger partial charge is 0.229 e. The molecule has 5 heteroatoms. The molecule has 0 atom stereocenters. The van der Waals surface area contributed by atoms with Gasteiger partial charge in [-0.05, 0) is 31.5 Å². The van der Waals surface area contributed by atoms with Gasteiger partial charge in [-0.3, -0.25) is 4.79 Å². The number of aromatic nitrogens is 1. The van der Waals surface area contributed by atoms with Gasteiger partial charge in [0.05, 0.1) is 4.88 Å². The van der Waals surface area contributed by atoms with Crippen molar-refractivity contribution in [2.24, 2.45) is 5.92 Å². The number of rotatable bonds is 3. The molecule has 1 fully saturated rings. The largest absolute Gasteiger partial charge is 0.317 e. The zero-order valence-corrected chi connectivity index (χ0v) is 12.0. The molecule has 1 aromatic heterocycles. The summed E-state index contributed by atoms with van der Waals surface area (Å²) < 4.78 is 0. The summed E-state index contributed by atoms with van der Waals surface area (Å²) in [5.74, 6) is 0.209. The summed E-state index contributed by atoms with van der Waals surface area (Å²) >= 11 is 1.52. The minimum Gasteiger partial charge on any atom is -0.317 e. The summed E-state index contributed by atoms with van der Waals surface area (Å²) in [5, 5.41) is 6.90. The highest BCUT2D eigenvalue weighted by molar-refractivity contribution is 7.19. The van der Waals surface area contributed by atoms with E-state index in [4.69, 9.17) is 0 Å². The van der Waals surface area contributed by atoms with Gasteiger partial charge in [0.2, 0.25) is 5.91 Å². The van der Waals surface area contributed by atoms with Gasteiger partial charge in [-0.15, -0.1) is 0 Å². The summed E-state index contributed by atoms with van der Waals surface area (Å²) in [6.07, 6.45) is 3.63. The number of thiazole rings is 1. The van der Waals surface area contributed by atoms with Crippen LogP contribution < -0.4 is 10.6 Å². The third-order valence-corrected chi connectivity index (χ3v) is 4.47. The fraction of sp³-hybridized carbons (Fsp3) is 0.333. The maximum atomic E-state index is 12.1. The van der Waals surface area contributed by atoms with Crippen molar-refractivity contribution in [2.75, 3.05) is 18.4 Å². The molecule has 104 valence electrons. The number of hydrogen-bond acceptors (Lipinski definition) is 4. The van der Waals surface area contributed by atoms with E-state index in [1.807, 2.05) is 36.5 Å². The Morgan fingerprint density at radius 2 is 2.00 bits per heavy atom. The van der Waals surface area contributed by atoms with Gasteiger partial charge in [0.25, 0.3) is 0 Å². The fourth-order valence-corrected chi connectivity index (χ4v) is 3.18. The van der Waals surface area contributed by atoms with Crippen molar-refractivity contribution in [3.63, 3.8) is 0 Å². The number of carbonyl (C=O) groups is 1. The monoisotopic (exact) mass is 287 g/mol. The van der Waals surface area contributed by atoms with Crippen LogP contribution in [0.25, 0.3) is 10.4 Å². The Bertz CT molecular complexity index is 576. The number of amides is 1. The number of piperidine rings is 1. The third-order valence-electron chi connectivity index (χ3n) is 3.50. The van der Waals surface area contributed by atoms with Gasteiger partial charge in [0.1, 0.15) is 0 Å². The first-order valence-electron chi connectivity index (χ1n) is 6.86. The SMILES string of the molecule is O=C(Nc1ncc(-c2ccccc2)s1)C1CCNCC1. The van der Waals surface area contributed by atoms with E-state index in [0.29, 0.717) is 5.13 Å². The zero-order chi connectivity index (χ0) is 13.8. The lowest BCUT2D eigenvalue weighted by Crippen LogP contribution is -2.34. The standard InChI is InChI=1S/C15H17N3OS/c19-14(12-6-8-16-9-7-12)18-15-17-10-13(20-15)11-4-2-1-3-5-11/h1-5,10,12,16H,6-9H2,(H,17,18,19). The van der Waals surface area contributed by atoms with Crippen LogP contribution in [0.4, 0.5) is 5.13 Å². The van der Waals surface area contributed by atoms with Crippen molar-refractivity contribution in [3.8, 4) is 10.4 Å². The van der Waals surface area contributed by atoms with E-state index >= 15 is 0 Å². The van der Waals surface area contributed by atoms with Crippen LogP contribution in [0.1, 0.15) is 12.8 Å². The third kappa shape index (κ3) is 3.05. The number of anilines is 1. The molecule has 0 aliphatic carbocycles. The van der Waals surface area contributed by atoms with E-state index in [1.165, 1.54) is 11.3 Å². The van der Waals surface area contributed by atoms with Gasteiger partial charge in [0, 0.05) is 12.1 Å². The fourth-order valence-electron chi connectivity index (χ4n) is 2.36. The highest BCUT2D eigenvalue weighted by Crippen LogP contribution is 2.29. The van der Waals surface area contributed by atoms with Crippen LogP contribution in [-0.2, 0) is 4.79 Å². The zero-order valence-electron chi connectivity index (χ0n) is 11.1. The minimum absolute atomic E-state index is 0.0976. The lowest BCUT2D eigenvalue weighted by molar-refractivity contribution is -0.120. The van der Waals surface area contributed by atoms with Gasteiger partial charge < -0.3 is 10.6 Å². The van der Waals surface area contributed by atoms with Crippen LogP contribution in [0.3, 0.4) is 0 Å². The number of nitrogens with one attached hydrogen (secondary N) is 2. The Hall–Kier alpha value is -1.72. The maximum Gasteiger partial charge on any atom is 0.229 e. The van der Waals surface area contributed by atoms with Crippen molar-refractivity contribution in [1.29, 1.82) is 0 Å². The van der Waals surface area contributed by atoms with Crippen LogP contribution in [0, 0.1) is 5.92 Å². The van der Waals surface area contributed by atoms with Crippen molar-refractivity contribution in [3.05, 3.63) is 36.5 Å². The molecule has 1 aliphatic heterocycles. The molecule has 20 heavy (non-hydrogen) atoms. The first-order chi connectivity index (χ1) is 9.83. The van der Waals surface area contributed by atoms with E-state index in [2.05, 4.69) is 15.6 Å². The highest BCUT2D eigenvalue weighted by Gasteiger charge is 2.21. The molecule has 1 aliphatic rings. The van der Waals surface area contributed by atoms with Crippen LogP contribution in [0.2, 0.25) is 0 Å². The Kier molecular flexibility index (Phi) is 4.08. The van der Waals surface area contributed by atoms with Crippen molar-refractivity contribution in [1.82, 2.24) is 10.3 Å². The van der Waals surface area contributed by atoms with Crippen LogP contribution >= 0.6 is 11.3 Å². The van der Waals surface area contributed by atoms with Gasteiger partial charge in [-0.1, -0.05) is 41.7 Å². The second-order valence-electron chi connectivity index (χ2n) is 4.91. The molecule has 0 unspecified atom stereocenters.